The maximum Gasteiger partial charge on any atom is 0.302 e. The first kappa shape index (κ1) is 21.6. The van der Waals surface area contributed by atoms with Gasteiger partial charge in [-0.1, -0.05) is 35.9 Å². The molecule has 0 heterocycles. The van der Waals surface area contributed by atoms with E-state index < -0.39 is 0 Å². The Hall–Kier alpha value is -1.68. The van der Waals surface area contributed by atoms with Gasteiger partial charge in [-0.2, -0.15) is 0 Å². The van der Waals surface area contributed by atoms with E-state index in [1.54, 1.807) is 6.92 Å². The lowest BCUT2D eigenvalue weighted by molar-refractivity contribution is -0.140. The van der Waals surface area contributed by atoms with Crippen molar-refractivity contribution in [2.24, 2.45) is 0 Å². The van der Waals surface area contributed by atoms with E-state index in [-0.39, 0.29) is 17.2 Å². The molecule has 4 heteroatoms. The zero-order valence-corrected chi connectivity index (χ0v) is 11.8. The Kier molecular flexibility index (Phi) is 18.4. The van der Waals surface area contributed by atoms with Gasteiger partial charge in [0, 0.05) is 6.92 Å². The highest BCUT2D eigenvalue weighted by Gasteiger charge is 1.81. The van der Waals surface area contributed by atoms with E-state index in [0.29, 0.717) is 6.61 Å². The van der Waals surface area contributed by atoms with Crippen LogP contribution < -0.4 is 0 Å². The highest BCUT2D eigenvalue weighted by atomic mass is 16.5. The molecule has 18 heavy (non-hydrogen) atoms. The number of aryl methyl sites for hydroxylation is 1. The molecule has 1 aromatic rings. The van der Waals surface area contributed by atoms with Gasteiger partial charge in [-0.05, 0) is 27.7 Å². The number of rotatable bonds is 1. The van der Waals surface area contributed by atoms with Gasteiger partial charge in [-0.25, -0.2) is 0 Å². The van der Waals surface area contributed by atoms with Gasteiger partial charge in [0.25, 0.3) is 0 Å². The number of ether oxygens (including phenoxy) is 1. The van der Waals surface area contributed by atoms with Crippen LogP contribution in [0.25, 0.3) is 0 Å². The topological polar surface area (TPSA) is 74.9 Å². The second kappa shape index (κ2) is 15.3. The lowest BCUT2D eigenvalue weighted by Gasteiger charge is -1.89. The molecule has 0 bridgehead atoms. The molecule has 0 aliphatic carbocycles. The van der Waals surface area contributed by atoms with Crippen LogP contribution in [0.3, 0.4) is 0 Å². The fourth-order valence-electron chi connectivity index (χ4n) is 0.738. The van der Waals surface area contributed by atoms with Gasteiger partial charge >= 0.3 is 5.97 Å². The minimum atomic E-state index is -0.211. The summed E-state index contributed by atoms with van der Waals surface area (Å²) < 4.78 is 4.40. The van der Waals surface area contributed by atoms with Crippen molar-refractivity contribution in [1.82, 2.24) is 0 Å². The summed E-state index contributed by atoms with van der Waals surface area (Å²) >= 11 is 0. The van der Waals surface area contributed by atoms with Crippen LogP contribution in [0.5, 0.6) is 0 Å². The molecule has 0 aromatic heterocycles. The molecule has 0 saturated heterocycles. The monoisotopic (exact) mass is 256 g/mol. The molecule has 1 aromatic carbocycles. The standard InChI is InChI=1S/C7H8.C4H8O2.C3H6O.H2O/c1-7-5-3-2-4-6-7;1-3-6-4(2)5;1-3(2)4;/h2-6H,1H3;3H2,1-2H3;1-2H3;1H2. The fourth-order valence-corrected chi connectivity index (χ4v) is 0.738. The Morgan fingerprint density at radius 1 is 1.06 bits per heavy atom. The Balaban J connectivity index is -0.000000190. The largest absolute Gasteiger partial charge is 0.466 e. The van der Waals surface area contributed by atoms with Crippen molar-refractivity contribution in [3.63, 3.8) is 0 Å². The maximum atomic E-state index is 9.82. The average molecular weight is 256 g/mol. The normalized spacial score (nSPS) is 7.39. The number of esters is 1. The lowest BCUT2D eigenvalue weighted by Crippen LogP contribution is -1.95. The van der Waals surface area contributed by atoms with E-state index in [0.717, 1.165) is 0 Å². The van der Waals surface area contributed by atoms with Crippen LogP contribution in [0.2, 0.25) is 0 Å². The van der Waals surface area contributed by atoms with Crippen molar-refractivity contribution < 1.29 is 19.8 Å². The summed E-state index contributed by atoms with van der Waals surface area (Å²) in [6.07, 6.45) is 0. The van der Waals surface area contributed by atoms with Crippen LogP contribution in [0.15, 0.2) is 30.3 Å². The zero-order chi connectivity index (χ0) is 13.7. The SMILES string of the molecule is CC(C)=O.CCOC(C)=O.Cc1ccccc1.O. The van der Waals surface area contributed by atoms with E-state index in [1.807, 2.05) is 18.2 Å². The number of ketones is 1. The van der Waals surface area contributed by atoms with E-state index in [2.05, 4.69) is 23.8 Å². The maximum absolute atomic E-state index is 9.82. The first-order chi connectivity index (χ1) is 7.90. The molecule has 2 N–H and O–H groups in total. The van der Waals surface area contributed by atoms with E-state index in [9.17, 15) is 9.59 Å². The van der Waals surface area contributed by atoms with Crippen molar-refractivity contribution in [3.05, 3.63) is 35.9 Å². The van der Waals surface area contributed by atoms with Gasteiger partial charge in [-0.3, -0.25) is 4.79 Å². The minimum Gasteiger partial charge on any atom is -0.466 e. The summed E-state index contributed by atoms with van der Waals surface area (Å²) in [5.74, 6) is -0.0440. The van der Waals surface area contributed by atoms with Crippen LogP contribution in [0, 0.1) is 6.92 Å². The predicted octanol–water partition coefficient (Wildman–Crippen LogP) is 2.34. The Labute approximate surface area is 109 Å². The molecule has 0 saturated carbocycles. The predicted molar refractivity (Wildman–Crippen MR) is 73.5 cm³/mol. The van der Waals surface area contributed by atoms with Gasteiger partial charge in [0.15, 0.2) is 0 Å². The molecule has 0 fully saturated rings. The average Bonchev–Trinajstić information content (AvgIpc) is 2.18. The number of benzene rings is 1. The van der Waals surface area contributed by atoms with Crippen molar-refractivity contribution in [3.8, 4) is 0 Å². The van der Waals surface area contributed by atoms with Crippen molar-refractivity contribution in [1.29, 1.82) is 0 Å². The summed E-state index contributed by atoms with van der Waals surface area (Å²) in [6, 6.07) is 10.3. The molecule has 1 rings (SSSR count). The molecule has 0 amide bonds. The van der Waals surface area contributed by atoms with Crippen LogP contribution in [0.4, 0.5) is 0 Å². The van der Waals surface area contributed by atoms with E-state index in [1.165, 1.54) is 26.3 Å². The highest BCUT2D eigenvalue weighted by Crippen LogP contribution is 1.92. The third kappa shape index (κ3) is 29.2. The molecular formula is C14H24O4. The smallest absolute Gasteiger partial charge is 0.302 e. The Bertz CT molecular complexity index is 303. The van der Waals surface area contributed by atoms with Gasteiger partial charge in [0.1, 0.15) is 5.78 Å². The quantitative estimate of drug-likeness (QED) is 0.724. The third-order valence-corrected chi connectivity index (χ3v) is 1.29. The lowest BCUT2D eigenvalue weighted by atomic mass is 10.2. The number of Topliss-reactive ketones (excluding diaryl/α,β-unsaturated/α-hetero) is 1. The van der Waals surface area contributed by atoms with Crippen molar-refractivity contribution >= 4 is 11.8 Å². The van der Waals surface area contributed by atoms with Crippen LogP contribution in [-0.2, 0) is 14.3 Å². The molecule has 0 unspecified atom stereocenters. The minimum absolute atomic E-state index is 0. The summed E-state index contributed by atoms with van der Waals surface area (Å²) in [5.41, 5.74) is 1.32. The van der Waals surface area contributed by atoms with Crippen LogP contribution in [-0.4, -0.2) is 23.8 Å². The molecule has 4 nitrogen and oxygen atoms in total. The third-order valence-electron chi connectivity index (χ3n) is 1.29. The van der Waals surface area contributed by atoms with Crippen molar-refractivity contribution in [2.75, 3.05) is 6.61 Å². The summed E-state index contributed by atoms with van der Waals surface area (Å²) in [5, 5.41) is 0. The molecule has 0 atom stereocenters. The molecule has 0 spiro atoms. The van der Waals surface area contributed by atoms with E-state index in [4.69, 9.17) is 0 Å². The summed E-state index contributed by atoms with van der Waals surface area (Å²) in [6.45, 7) is 8.79. The molecule has 104 valence electrons. The molecular weight excluding hydrogens is 232 g/mol. The highest BCUT2D eigenvalue weighted by molar-refractivity contribution is 5.72. The Morgan fingerprint density at radius 2 is 1.44 bits per heavy atom. The second-order valence-corrected chi connectivity index (χ2v) is 3.49. The molecule has 0 aliphatic rings. The van der Waals surface area contributed by atoms with Gasteiger partial charge in [0.2, 0.25) is 0 Å². The van der Waals surface area contributed by atoms with E-state index >= 15 is 0 Å². The van der Waals surface area contributed by atoms with Crippen molar-refractivity contribution in [2.45, 2.75) is 34.6 Å². The number of hydrogen-bond acceptors (Lipinski definition) is 3. The van der Waals surface area contributed by atoms with Gasteiger partial charge < -0.3 is 15.0 Å². The summed E-state index contributed by atoms with van der Waals surface area (Å²) in [7, 11) is 0. The first-order valence-corrected chi connectivity index (χ1v) is 5.52. The Morgan fingerprint density at radius 3 is 1.56 bits per heavy atom. The number of hydrogen-bond donors (Lipinski definition) is 0. The molecule has 0 aliphatic heterocycles. The van der Waals surface area contributed by atoms with Crippen LogP contribution >= 0.6 is 0 Å². The zero-order valence-electron chi connectivity index (χ0n) is 11.8. The fraction of sp³-hybridized carbons (Fsp3) is 0.429. The number of carbonyl (C=O) groups is 2. The number of carbonyl (C=O) groups excluding carboxylic acids is 2. The molecule has 0 radical (unpaired) electrons. The van der Waals surface area contributed by atoms with Gasteiger partial charge in [0.05, 0.1) is 6.61 Å². The first-order valence-electron chi connectivity index (χ1n) is 5.52. The second-order valence-electron chi connectivity index (χ2n) is 3.49. The van der Waals surface area contributed by atoms with Gasteiger partial charge in [-0.15, -0.1) is 0 Å². The van der Waals surface area contributed by atoms with Crippen LogP contribution in [0.1, 0.15) is 33.3 Å². The summed E-state index contributed by atoms with van der Waals surface area (Å²) in [4.78, 5) is 19.3.